The fourth-order valence-corrected chi connectivity index (χ4v) is 4.10. The third-order valence-electron chi connectivity index (χ3n) is 5.14. The van der Waals surface area contributed by atoms with Crippen molar-refractivity contribution in [3.63, 3.8) is 0 Å². The van der Waals surface area contributed by atoms with Crippen molar-refractivity contribution < 1.29 is 4.79 Å². The van der Waals surface area contributed by atoms with Gasteiger partial charge in [-0.1, -0.05) is 52.3 Å². The molecule has 0 atom stereocenters. The maximum Gasteiger partial charge on any atom is 0.227 e. The van der Waals surface area contributed by atoms with Crippen molar-refractivity contribution >= 4 is 32.7 Å². The summed E-state index contributed by atoms with van der Waals surface area (Å²) in [6.07, 6.45) is 2.52. The van der Waals surface area contributed by atoms with Gasteiger partial charge in [0.2, 0.25) is 5.91 Å². The van der Waals surface area contributed by atoms with Gasteiger partial charge in [0.15, 0.2) is 0 Å². The molecule has 4 rings (SSSR count). The summed E-state index contributed by atoms with van der Waals surface area (Å²) in [5, 5.41) is 1.27. The van der Waals surface area contributed by atoms with E-state index in [-0.39, 0.29) is 5.91 Å². The van der Waals surface area contributed by atoms with E-state index < -0.39 is 0 Å². The Balaban J connectivity index is 1.39. The average Bonchev–Trinajstić information content (AvgIpc) is 3.08. The second-order valence-corrected chi connectivity index (χ2v) is 7.59. The van der Waals surface area contributed by atoms with E-state index in [1.54, 1.807) is 0 Å². The number of carbonyl (C=O) groups is 1. The van der Waals surface area contributed by atoms with E-state index in [4.69, 9.17) is 0 Å². The lowest BCUT2D eigenvalue weighted by molar-refractivity contribution is -0.131. The molecular formula is C21H21BrN2O. The Bertz CT molecular complexity index is 861. The van der Waals surface area contributed by atoms with Crippen molar-refractivity contribution in [2.24, 2.45) is 0 Å². The van der Waals surface area contributed by atoms with Gasteiger partial charge in [0, 0.05) is 34.7 Å². The lowest BCUT2D eigenvalue weighted by Crippen LogP contribution is -2.38. The lowest BCUT2D eigenvalue weighted by atomic mass is 9.93. The summed E-state index contributed by atoms with van der Waals surface area (Å²) in [5.41, 5.74) is 3.56. The maximum atomic E-state index is 12.6. The highest BCUT2D eigenvalue weighted by Crippen LogP contribution is 2.30. The van der Waals surface area contributed by atoms with Crippen LogP contribution in [0.3, 0.4) is 0 Å². The monoisotopic (exact) mass is 396 g/mol. The van der Waals surface area contributed by atoms with Crippen LogP contribution in [0.15, 0.2) is 59.1 Å². The van der Waals surface area contributed by atoms with Gasteiger partial charge < -0.3 is 9.88 Å². The van der Waals surface area contributed by atoms with Crippen LogP contribution in [-0.2, 0) is 11.2 Å². The van der Waals surface area contributed by atoms with Crippen LogP contribution in [0.5, 0.6) is 0 Å². The molecule has 3 nitrogen and oxygen atoms in total. The first kappa shape index (κ1) is 16.4. The van der Waals surface area contributed by atoms with Gasteiger partial charge >= 0.3 is 0 Å². The summed E-state index contributed by atoms with van der Waals surface area (Å²) in [6, 6.07) is 18.6. The highest BCUT2D eigenvalue weighted by atomic mass is 79.9. The van der Waals surface area contributed by atoms with E-state index in [2.05, 4.69) is 51.2 Å². The molecule has 2 heterocycles. The van der Waals surface area contributed by atoms with Crippen LogP contribution in [0, 0.1) is 0 Å². The quantitative estimate of drug-likeness (QED) is 0.672. The van der Waals surface area contributed by atoms with Crippen molar-refractivity contribution in [3.8, 4) is 0 Å². The maximum absolute atomic E-state index is 12.6. The van der Waals surface area contributed by atoms with Crippen LogP contribution in [0.25, 0.3) is 10.9 Å². The average molecular weight is 397 g/mol. The number of halogens is 1. The third kappa shape index (κ3) is 3.49. The van der Waals surface area contributed by atoms with Crippen LogP contribution in [-0.4, -0.2) is 28.9 Å². The second kappa shape index (κ2) is 7.04. The highest BCUT2D eigenvalue weighted by Gasteiger charge is 2.25. The van der Waals surface area contributed by atoms with Gasteiger partial charge in [0.25, 0.3) is 0 Å². The van der Waals surface area contributed by atoms with E-state index in [1.165, 1.54) is 16.6 Å². The standard InChI is InChI=1S/C21H21BrN2O/c22-18-7-3-1-5-16(18)14-21(25)24-11-9-15(10-12-24)20-13-17-6-2-4-8-19(17)23-20/h1-8,13,15,23H,9-12,14H2. The summed E-state index contributed by atoms with van der Waals surface area (Å²) < 4.78 is 1.01. The molecule has 4 heteroatoms. The van der Waals surface area contributed by atoms with Gasteiger partial charge in [0.1, 0.15) is 0 Å². The molecule has 0 spiro atoms. The summed E-state index contributed by atoms with van der Waals surface area (Å²) >= 11 is 3.53. The first-order chi connectivity index (χ1) is 12.2. The van der Waals surface area contributed by atoms with Gasteiger partial charge in [0.05, 0.1) is 6.42 Å². The fourth-order valence-electron chi connectivity index (χ4n) is 3.67. The summed E-state index contributed by atoms with van der Waals surface area (Å²) in [5.74, 6) is 0.738. The van der Waals surface area contributed by atoms with Crippen molar-refractivity contribution in [2.45, 2.75) is 25.2 Å². The molecule has 25 heavy (non-hydrogen) atoms. The van der Waals surface area contributed by atoms with Crippen LogP contribution >= 0.6 is 15.9 Å². The van der Waals surface area contributed by atoms with Gasteiger partial charge in [-0.25, -0.2) is 0 Å². The predicted molar refractivity (Wildman–Crippen MR) is 105 cm³/mol. The van der Waals surface area contributed by atoms with Crippen molar-refractivity contribution in [2.75, 3.05) is 13.1 Å². The summed E-state index contributed by atoms with van der Waals surface area (Å²) in [4.78, 5) is 18.2. The second-order valence-electron chi connectivity index (χ2n) is 6.74. The largest absolute Gasteiger partial charge is 0.358 e. The Hall–Kier alpha value is -2.07. The normalized spacial score (nSPS) is 15.6. The first-order valence-electron chi connectivity index (χ1n) is 8.79. The lowest BCUT2D eigenvalue weighted by Gasteiger charge is -2.32. The predicted octanol–water partition coefficient (Wildman–Crippen LogP) is 4.88. The van der Waals surface area contributed by atoms with E-state index in [0.717, 1.165) is 36.0 Å². The summed E-state index contributed by atoms with van der Waals surface area (Å²) in [6.45, 7) is 1.67. The minimum absolute atomic E-state index is 0.224. The molecule has 1 amide bonds. The molecule has 1 aromatic heterocycles. The molecule has 3 aromatic rings. The molecular weight excluding hydrogens is 376 g/mol. The molecule has 0 bridgehead atoms. The third-order valence-corrected chi connectivity index (χ3v) is 5.91. The van der Waals surface area contributed by atoms with E-state index in [1.807, 2.05) is 29.2 Å². The first-order valence-corrected chi connectivity index (χ1v) is 9.59. The molecule has 1 aliphatic rings. The number of benzene rings is 2. The Morgan fingerprint density at radius 3 is 2.56 bits per heavy atom. The highest BCUT2D eigenvalue weighted by molar-refractivity contribution is 9.10. The number of aromatic nitrogens is 1. The topological polar surface area (TPSA) is 36.1 Å². The molecule has 0 radical (unpaired) electrons. The van der Waals surface area contributed by atoms with Crippen LogP contribution in [0.2, 0.25) is 0 Å². The fraction of sp³-hybridized carbons (Fsp3) is 0.286. The number of rotatable bonds is 3. The van der Waals surface area contributed by atoms with Gasteiger partial charge in [-0.15, -0.1) is 0 Å². The van der Waals surface area contributed by atoms with E-state index in [0.29, 0.717) is 12.3 Å². The van der Waals surface area contributed by atoms with Crippen molar-refractivity contribution in [1.29, 1.82) is 0 Å². The van der Waals surface area contributed by atoms with Crippen LogP contribution in [0.1, 0.15) is 30.0 Å². The number of hydrogen-bond donors (Lipinski definition) is 1. The van der Waals surface area contributed by atoms with Crippen LogP contribution in [0.4, 0.5) is 0 Å². The number of aromatic amines is 1. The number of piperidine rings is 1. The number of H-pyrrole nitrogens is 1. The number of para-hydroxylation sites is 1. The number of likely N-dealkylation sites (tertiary alicyclic amines) is 1. The number of nitrogens with zero attached hydrogens (tertiary/aromatic N) is 1. The Labute approximate surface area is 156 Å². The minimum Gasteiger partial charge on any atom is -0.358 e. The minimum atomic E-state index is 0.224. The Morgan fingerprint density at radius 2 is 1.80 bits per heavy atom. The number of hydrogen-bond acceptors (Lipinski definition) is 1. The SMILES string of the molecule is O=C(Cc1ccccc1Br)N1CCC(c2cc3ccccc3[nH]2)CC1. The van der Waals surface area contributed by atoms with E-state index in [9.17, 15) is 4.79 Å². The molecule has 1 N–H and O–H groups in total. The number of carbonyl (C=O) groups excluding carboxylic acids is 1. The number of nitrogens with one attached hydrogen (secondary N) is 1. The zero-order valence-electron chi connectivity index (χ0n) is 14.0. The zero-order chi connectivity index (χ0) is 17.2. The number of amides is 1. The molecule has 0 aliphatic carbocycles. The molecule has 2 aromatic carbocycles. The molecule has 1 saturated heterocycles. The Kier molecular flexibility index (Phi) is 4.62. The Morgan fingerprint density at radius 1 is 1.08 bits per heavy atom. The van der Waals surface area contributed by atoms with E-state index >= 15 is 0 Å². The van der Waals surface area contributed by atoms with Gasteiger partial charge in [-0.2, -0.15) is 0 Å². The molecule has 1 aliphatic heterocycles. The van der Waals surface area contributed by atoms with Gasteiger partial charge in [-0.3, -0.25) is 4.79 Å². The molecule has 1 fully saturated rings. The smallest absolute Gasteiger partial charge is 0.227 e. The summed E-state index contributed by atoms with van der Waals surface area (Å²) in [7, 11) is 0. The zero-order valence-corrected chi connectivity index (χ0v) is 15.6. The van der Waals surface area contributed by atoms with Crippen molar-refractivity contribution in [1.82, 2.24) is 9.88 Å². The molecule has 0 saturated carbocycles. The van der Waals surface area contributed by atoms with Crippen LogP contribution < -0.4 is 0 Å². The van der Waals surface area contributed by atoms with Crippen molar-refractivity contribution in [3.05, 3.63) is 70.3 Å². The molecule has 128 valence electrons. The number of fused-ring (bicyclic) bond motifs is 1. The van der Waals surface area contributed by atoms with Gasteiger partial charge in [-0.05, 0) is 42.0 Å². The molecule has 0 unspecified atom stereocenters.